The van der Waals surface area contributed by atoms with Gasteiger partial charge in [0.1, 0.15) is 5.01 Å². The van der Waals surface area contributed by atoms with Gasteiger partial charge in [-0.2, -0.15) is 0 Å². The zero-order valence-electron chi connectivity index (χ0n) is 10.6. The van der Waals surface area contributed by atoms with Gasteiger partial charge < -0.3 is 0 Å². The minimum atomic E-state index is 0.905. The Balaban J connectivity index is 2.05. The van der Waals surface area contributed by atoms with E-state index in [0.717, 1.165) is 30.9 Å². The average molecular weight is 410 g/mol. The SMILES string of the molecule is Cc1sc(-c2ccc(Br)cn2)nc1-c1cccc(Br)c1. The Labute approximate surface area is 138 Å². The van der Waals surface area contributed by atoms with Crippen molar-refractivity contribution in [1.29, 1.82) is 0 Å². The van der Waals surface area contributed by atoms with E-state index in [-0.39, 0.29) is 0 Å². The molecule has 0 aliphatic heterocycles. The Morgan fingerprint density at radius 2 is 1.90 bits per heavy atom. The van der Waals surface area contributed by atoms with Crippen LogP contribution in [0.1, 0.15) is 4.88 Å². The van der Waals surface area contributed by atoms with Gasteiger partial charge in [-0.05, 0) is 47.1 Å². The average Bonchev–Trinajstić information content (AvgIpc) is 2.82. The van der Waals surface area contributed by atoms with Crippen LogP contribution < -0.4 is 0 Å². The van der Waals surface area contributed by atoms with E-state index in [1.54, 1.807) is 17.5 Å². The molecule has 1 aromatic carbocycles. The van der Waals surface area contributed by atoms with Crippen molar-refractivity contribution in [2.45, 2.75) is 6.92 Å². The third kappa shape index (κ3) is 2.85. The molecule has 0 N–H and O–H groups in total. The fourth-order valence-corrected chi connectivity index (χ4v) is 3.46. The summed E-state index contributed by atoms with van der Waals surface area (Å²) in [5.74, 6) is 0. The highest BCUT2D eigenvalue weighted by atomic mass is 79.9. The molecule has 0 aliphatic rings. The fourth-order valence-electron chi connectivity index (χ4n) is 1.91. The zero-order chi connectivity index (χ0) is 14.1. The molecule has 5 heteroatoms. The number of hydrogen-bond donors (Lipinski definition) is 0. The van der Waals surface area contributed by atoms with E-state index >= 15 is 0 Å². The van der Waals surface area contributed by atoms with Gasteiger partial charge in [0.25, 0.3) is 0 Å². The summed E-state index contributed by atoms with van der Waals surface area (Å²) < 4.78 is 2.03. The first-order valence-corrected chi connectivity index (χ1v) is 8.39. The molecule has 2 nitrogen and oxygen atoms in total. The summed E-state index contributed by atoms with van der Waals surface area (Å²) >= 11 is 8.57. The number of hydrogen-bond acceptors (Lipinski definition) is 3. The Morgan fingerprint density at radius 1 is 1.05 bits per heavy atom. The molecule has 20 heavy (non-hydrogen) atoms. The maximum Gasteiger partial charge on any atom is 0.142 e. The first-order chi connectivity index (χ1) is 9.63. The highest BCUT2D eigenvalue weighted by Crippen LogP contribution is 2.33. The molecule has 0 bridgehead atoms. The van der Waals surface area contributed by atoms with Gasteiger partial charge in [-0.3, -0.25) is 4.98 Å². The summed E-state index contributed by atoms with van der Waals surface area (Å²) in [6, 6.07) is 12.2. The molecule has 3 rings (SSSR count). The molecule has 0 fully saturated rings. The highest BCUT2D eigenvalue weighted by Gasteiger charge is 2.12. The number of halogens is 2. The van der Waals surface area contributed by atoms with Gasteiger partial charge in [-0.15, -0.1) is 11.3 Å². The second-order valence-corrected chi connectivity index (χ2v) is 7.33. The van der Waals surface area contributed by atoms with Gasteiger partial charge >= 0.3 is 0 Å². The van der Waals surface area contributed by atoms with Gasteiger partial charge in [-0.1, -0.05) is 28.1 Å². The number of pyridine rings is 1. The van der Waals surface area contributed by atoms with Crippen LogP contribution >= 0.6 is 43.2 Å². The number of rotatable bonds is 2. The molecule has 0 radical (unpaired) electrons. The third-order valence-corrected chi connectivity index (χ3v) is 4.80. The largest absolute Gasteiger partial charge is 0.253 e. The number of nitrogens with zero attached hydrogens (tertiary/aromatic N) is 2. The maximum absolute atomic E-state index is 4.74. The lowest BCUT2D eigenvalue weighted by molar-refractivity contribution is 1.27. The molecule has 2 heterocycles. The summed E-state index contributed by atoms with van der Waals surface area (Å²) in [4.78, 5) is 10.3. The van der Waals surface area contributed by atoms with Crippen LogP contribution in [-0.4, -0.2) is 9.97 Å². The lowest BCUT2D eigenvalue weighted by Gasteiger charge is -1.99. The van der Waals surface area contributed by atoms with Gasteiger partial charge in [0, 0.05) is 25.6 Å². The van der Waals surface area contributed by atoms with Crippen molar-refractivity contribution in [1.82, 2.24) is 9.97 Å². The van der Waals surface area contributed by atoms with Crippen molar-refractivity contribution in [3.05, 3.63) is 56.4 Å². The predicted octanol–water partition coefficient (Wildman–Crippen LogP) is 5.71. The van der Waals surface area contributed by atoms with Crippen LogP contribution in [0.2, 0.25) is 0 Å². The minimum absolute atomic E-state index is 0.905. The number of aromatic nitrogens is 2. The molecule has 0 atom stereocenters. The van der Waals surface area contributed by atoms with E-state index in [4.69, 9.17) is 4.98 Å². The Hall–Kier alpha value is -1.04. The molecule has 0 saturated carbocycles. The normalized spacial score (nSPS) is 10.8. The summed E-state index contributed by atoms with van der Waals surface area (Å²) in [6.45, 7) is 2.09. The Bertz CT molecular complexity index is 751. The molecule has 100 valence electrons. The highest BCUT2D eigenvalue weighted by molar-refractivity contribution is 9.10. The quantitative estimate of drug-likeness (QED) is 0.542. The summed E-state index contributed by atoms with van der Waals surface area (Å²) in [6.07, 6.45) is 1.80. The number of benzene rings is 1. The predicted molar refractivity (Wildman–Crippen MR) is 90.9 cm³/mol. The van der Waals surface area contributed by atoms with E-state index in [1.165, 1.54) is 4.88 Å². The van der Waals surface area contributed by atoms with Crippen molar-refractivity contribution >= 4 is 43.2 Å². The van der Waals surface area contributed by atoms with Crippen molar-refractivity contribution < 1.29 is 0 Å². The van der Waals surface area contributed by atoms with E-state index < -0.39 is 0 Å². The van der Waals surface area contributed by atoms with E-state index in [0.29, 0.717) is 0 Å². The van der Waals surface area contributed by atoms with Crippen LogP contribution in [0.15, 0.2) is 51.5 Å². The van der Waals surface area contributed by atoms with Crippen LogP contribution in [0, 0.1) is 6.92 Å². The molecule has 0 amide bonds. The molecule has 0 unspecified atom stereocenters. The van der Waals surface area contributed by atoms with Crippen molar-refractivity contribution in [3.8, 4) is 22.0 Å². The Kier molecular flexibility index (Phi) is 4.01. The summed E-state index contributed by atoms with van der Waals surface area (Å²) in [5, 5.41) is 0.949. The second-order valence-electron chi connectivity index (χ2n) is 4.30. The smallest absolute Gasteiger partial charge is 0.142 e. The lowest BCUT2D eigenvalue weighted by atomic mass is 10.1. The van der Waals surface area contributed by atoms with Crippen LogP contribution in [0.25, 0.3) is 22.0 Å². The van der Waals surface area contributed by atoms with Crippen LogP contribution in [0.3, 0.4) is 0 Å². The van der Waals surface area contributed by atoms with Crippen LogP contribution in [0.4, 0.5) is 0 Å². The van der Waals surface area contributed by atoms with E-state index in [2.05, 4.69) is 55.9 Å². The standard InChI is InChI=1S/C15H10Br2N2S/c1-9-14(10-3-2-4-11(16)7-10)19-15(20-9)13-6-5-12(17)8-18-13/h2-8H,1H3. The molecule has 2 aromatic heterocycles. The Morgan fingerprint density at radius 3 is 2.60 bits per heavy atom. The molecule has 0 saturated heterocycles. The molecule has 0 spiro atoms. The lowest BCUT2D eigenvalue weighted by Crippen LogP contribution is -1.83. The van der Waals surface area contributed by atoms with Gasteiger partial charge in [0.2, 0.25) is 0 Å². The van der Waals surface area contributed by atoms with Gasteiger partial charge in [0.15, 0.2) is 0 Å². The molecular weight excluding hydrogens is 400 g/mol. The number of aryl methyl sites for hydroxylation is 1. The van der Waals surface area contributed by atoms with Crippen molar-refractivity contribution in [2.75, 3.05) is 0 Å². The van der Waals surface area contributed by atoms with Crippen molar-refractivity contribution in [2.24, 2.45) is 0 Å². The zero-order valence-corrected chi connectivity index (χ0v) is 14.6. The van der Waals surface area contributed by atoms with E-state index in [9.17, 15) is 0 Å². The molecule has 0 aliphatic carbocycles. The summed E-state index contributed by atoms with van der Waals surface area (Å²) in [7, 11) is 0. The maximum atomic E-state index is 4.74. The van der Waals surface area contributed by atoms with Gasteiger partial charge in [-0.25, -0.2) is 4.98 Å². The minimum Gasteiger partial charge on any atom is -0.253 e. The molecular formula is C15H10Br2N2S. The monoisotopic (exact) mass is 408 g/mol. The first kappa shape index (κ1) is 13.9. The first-order valence-electron chi connectivity index (χ1n) is 5.99. The van der Waals surface area contributed by atoms with Crippen molar-refractivity contribution in [3.63, 3.8) is 0 Å². The van der Waals surface area contributed by atoms with Gasteiger partial charge in [0.05, 0.1) is 11.4 Å². The fraction of sp³-hybridized carbons (Fsp3) is 0.0667. The topological polar surface area (TPSA) is 25.8 Å². The second kappa shape index (κ2) is 5.76. The third-order valence-electron chi connectivity index (χ3n) is 2.84. The number of thiazole rings is 1. The summed E-state index contributed by atoms with van der Waals surface area (Å²) in [5.41, 5.74) is 3.05. The van der Waals surface area contributed by atoms with Crippen LogP contribution in [0.5, 0.6) is 0 Å². The van der Waals surface area contributed by atoms with Crippen LogP contribution in [-0.2, 0) is 0 Å². The molecule has 3 aromatic rings. The van der Waals surface area contributed by atoms with E-state index in [1.807, 2.05) is 24.3 Å².